The number of anilines is 1. The summed E-state index contributed by atoms with van der Waals surface area (Å²) in [7, 11) is 0. The van der Waals surface area contributed by atoms with Crippen molar-refractivity contribution < 1.29 is 0 Å². The lowest BCUT2D eigenvalue weighted by molar-refractivity contribution is 0.614. The first-order valence-corrected chi connectivity index (χ1v) is 7.27. The van der Waals surface area contributed by atoms with Gasteiger partial charge in [0.2, 0.25) is 0 Å². The molecule has 0 amide bonds. The number of nitrogens with zero attached hydrogens (tertiary/aromatic N) is 2. The molecule has 0 aliphatic carbocycles. The molecular weight excluding hydrogens is 315 g/mol. The van der Waals surface area contributed by atoms with Gasteiger partial charge in [0.05, 0.1) is 22.3 Å². The Morgan fingerprint density at radius 1 is 1.30 bits per heavy atom. The second-order valence-electron chi connectivity index (χ2n) is 4.07. The highest BCUT2D eigenvalue weighted by Gasteiger charge is 2.04. The van der Waals surface area contributed by atoms with Gasteiger partial charge in [-0.15, -0.1) is 0 Å². The Morgan fingerprint density at radius 2 is 2.10 bits per heavy atom. The van der Waals surface area contributed by atoms with Gasteiger partial charge in [-0.1, -0.05) is 23.2 Å². The predicted octanol–water partition coefficient (Wildman–Crippen LogP) is 3.70. The SMILES string of the molecule is CCn1nccc1CNC(=S)Nc1ccc(Cl)c(Cl)c1. The van der Waals surface area contributed by atoms with Crippen LogP contribution in [0.15, 0.2) is 30.5 Å². The van der Waals surface area contributed by atoms with Crippen LogP contribution in [0.5, 0.6) is 0 Å². The van der Waals surface area contributed by atoms with Gasteiger partial charge in [0, 0.05) is 18.4 Å². The summed E-state index contributed by atoms with van der Waals surface area (Å²) in [6, 6.07) is 7.23. The molecule has 1 aromatic carbocycles. The van der Waals surface area contributed by atoms with E-state index in [4.69, 9.17) is 35.4 Å². The van der Waals surface area contributed by atoms with E-state index in [1.165, 1.54) is 0 Å². The second kappa shape index (κ2) is 6.92. The van der Waals surface area contributed by atoms with Crippen molar-refractivity contribution in [1.29, 1.82) is 0 Å². The molecule has 2 rings (SSSR count). The summed E-state index contributed by atoms with van der Waals surface area (Å²) in [5, 5.41) is 11.9. The fourth-order valence-corrected chi connectivity index (χ4v) is 2.20. The monoisotopic (exact) mass is 328 g/mol. The van der Waals surface area contributed by atoms with Gasteiger partial charge >= 0.3 is 0 Å². The summed E-state index contributed by atoms with van der Waals surface area (Å²) in [6.45, 7) is 3.49. The zero-order chi connectivity index (χ0) is 14.5. The van der Waals surface area contributed by atoms with E-state index in [0.29, 0.717) is 21.7 Å². The first-order valence-electron chi connectivity index (χ1n) is 6.10. The molecule has 7 heteroatoms. The van der Waals surface area contributed by atoms with Crippen molar-refractivity contribution >= 4 is 46.2 Å². The molecule has 0 atom stereocenters. The maximum absolute atomic E-state index is 5.95. The van der Waals surface area contributed by atoms with Gasteiger partial charge in [-0.05, 0) is 43.4 Å². The molecule has 0 saturated heterocycles. The third-order valence-electron chi connectivity index (χ3n) is 2.71. The van der Waals surface area contributed by atoms with E-state index in [1.807, 2.05) is 23.7 Å². The molecule has 1 heterocycles. The van der Waals surface area contributed by atoms with Crippen molar-refractivity contribution in [3.05, 3.63) is 46.2 Å². The Labute approximate surface area is 133 Å². The summed E-state index contributed by atoms with van der Waals surface area (Å²) < 4.78 is 1.91. The van der Waals surface area contributed by atoms with Gasteiger partial charge in [-0.25, -0.2) is 0 Å². The van der Waals surface area contributed by atoms with Gasteiger partial charge in [0.15, 0.2) is 5.11 Å². The Balaban J connectivity index is 1.91. The lowest BCUT2D eigenvalue weighted by Gasteiger charge is -2.11. The molecule has 0 unspecified atom stereocenters. The van der Waals surface area contributed by atoms with Crippen molar-refractivity contribution in [2.75, 3.05) is 5.32 Å². The molecule has 0 spiro atoms. The van der Waals surface area contributed by atoms with Gasteiger partial charge < -0.3 is 10.6 Å². The highest BCUT2D eigenvalue weighted by atomic mass is 35.5. The molecule has 0 fully saturated rings. The lowest BCUT2D eigenvalue weighted by Crippen LogP contribution is -2.28. The molecule has 106 valence electrons. The van der Waals surface area contributed by atoms with Crippen LogP contribution in [-0.4, -0.2) is 14.9 Å². The number of aryl methyl sites for hydroxylation is 1. The van der Waals surface area contributed by atoms with E-state index in [-0.39, 0.29) is 0 Å². The number of rotatable bonds is 4. The quantitative estimate of drug-likeness (QED) is 0.840. The molecule has 2 aromatic rings. The Hall–Kier alpha value is -1.30. The smallest absolute Gasteiger partial charge is 0.171 e. The van der Waals surface area contributed by atoms with E-state index in [9.17, 15) is 0 Å². The van der Waals surface area contributed by atoms with Crippen LogP contribution in [0.2, 0.25) is 10.0 Å². The largest absolute Gasteiger partial charge is 0.357 e. The van der Waals surface area contributed by atoms with Crippen LogP contribution in [0.25, 0.3) is 0 Å². The average molecular weight is 329 g/mol. The minimum Gasteiger partial charge on any atom is -0.357 e. The highest BCUT2D eigenvalue weighted by molar-refractivity contribution is 7.80. The molecule has 0 aliphatic heterocycles. The molecule has 0 saturated carbocycles. The zero-order valence-corrected chi connectivity index (χ0v) is 13.2. The van der Waals surface area contributed by atoms with Crippen LogP contribution in [0.1, 0.15) is 12.6 Å². The summed E-state index contributed by atoms with van der Waals surface area (Å²) >= 11 is 17.0. The first-order chi connectivity index (χ1) is 9.60. The number of halogens is 2. The topological polar surface area (TPSA) is 41.9 Å². The van der Waals surface area contributed by atoms with Crippen molar-refractivity contribution in [2.24, 2.45) is 0 Å². The van der Waals surface area contributed by atoms with Crippen molar-refractivity contribution in [3.63, 3.8) is 0 Å². The Bertz CT molecular complexity index is 612. The summed E-state index contributed by atoms with van der Waals surface area (Å²) in [6.07, 6.45) is 1.77. The number of hydrogen-bond donors (Lipinski definition) is 2. The number of aromatic nitrogens is 2. The maximum atomic E-state index is 5.95. The average Bonchev–Trinajstić information content (AvgIpc) is 2.88. The minimum atomic E-state index is 0.489. The van der Waals surface area contributed by atoms with Crippen LogP contribution < -0.4 is 10.6 Å². The summed E-state index contributed by atoms with van der Waals surface area (Å²) in [4.78, 5) is 0. The first kappa shape index (κ1) is 15.1. The molecular formula is C13H14Cl2N4S. The van der Waals surface area contributed by atoms with Crippen LogP contribution in [-0.2, 0) is 13.1 Å². The molecule has 0 radical (unpaired) electrons. The second-order valence-corrected chi connectivity index (χ2v) is 5.30. The van der Waals surface area contributed by atoms with Gasteiger partial charge in [0.1, 0.15) is 0 Å². The van der Waals surface area contributed by atoms with E-state index < -0.39 is 0 Å². The van der Waals surface area contributed by atoms with E-state index in [2.05, 4.69) is 15.7 Å². The number of benzene rings is 1. The van der Waals surface area contributed by atoms with Gasteiger partial charge in [-0.3, -0.25) is 4.68 Å². The number of hydrogen-bond acceptors (Lipinski definition) is 2. The predicted molar refractivity (Wildman–Crippen MR) is 87.4 cm³/mol. The molecule has 1 aromatic heterocycles. The van der Waals surface area contributed by atoms with E-state index in [1.54, 1.807) is 18.3 Å². The fourth-order valence-electron chi connectivity index (χ4n) is 1.71. The maximum Gasteiger partial charge on any atom is 0.171 e. The van der Waals surface area contributed by atoms with Crippen LogP contribution in [0.3, 0.4) is 0 Å². The van der Waals surface area contributed by atoms with Crippen LogP contribution in [0.4, 0.5) is 5.69 Å². The zero-order valence-electron chi connectivity index (χ0n) is 10.9. The highest BCUT2D eigenvalue weighted by Crippen LogP contribution is 2.24. The van der Waals surface area contributed by atoms with Crippen molar-refractivity contribution in [1.82, 2.24) is 15.1 Å². The summed E-state index contributed by atoms with van der Waals surface area (Å²) in [5.41, 5.74) is 1.87. The lowest BCUT2D eigenvalue weighted by atomic mass is 10.3. The van der Waals surface area contributed by atoms with Crippen LogP contribution in [0, 0.1) is 0 Å². The van der Waals surface area contributed by atoms with E-state index >= 15 is 0 Å². The number of thiocarbonyl (C=S) groups is 1. The van der Waals surface area contributed by atoms with Gasteiger partial charge in [0.25, 0.3) is 0 Å². The minimum absolute atomic E-state index is 0.489. The van der Waals surface area contributed by atoms with Crippen molar-refractivity contribution in [3.8, 4) is 0 Å². The van der Waals surface area contributed by atoms with Crippen molar-refractivity contribution in [2.45, 2.75) is 20.0 Å². The third kappa shape index (κ3) is 3.85. The summed E-state index contributed by atoms with van der Waals surface area (Å²) in [5.74, 6) is 0. The number of nitrogens with one attached hydrogen (secondary N) is 2. The van der Waals surface area contributed by atoms with Gasteiger partial charge in [-0.2, -0.15) is 5.10 Å². The fraction of sp³-hybridized carbons (Fsp3) is 0.231. The molecule has 4 nitrogen and oxygen atoms in total. The molecule has 0 bridgehead atoms. The third-order valence-corrected chi connectivity index (χ3v) is 3.70. The normalized spacial score (nSPS) is 10.3. The standard InChI is InChI=1S/C13H14Cl2N4S/c1-2-19-10(5-6-17-19)8-16-13(20)18-9-3-4-11(14)12(15)7-9/h3-7H,2,8H2,1H3,(H2,16,18,20). The Morgan fingerprint density at radius 3 is 2.80 bits per heavy atom. The van der Waals surface area contributed by atoms with Crippen LogP contribution >= 0.6 is 35.4 Å². The van der Waals surface area contributed by atoms with E-state index in [0.717, 1.165) is 17.9 Å². The molecule has 2 N–H and O–H groups in total. The molecule has 0 aliphatic rings. The molecule has 20 heavy (non-hydrogen) atoms. The Kier molecular flexibility index (Phi) is 5.23.